The smallest absolute Gasteiger partial charge is 0.178 e. The number of ether oxygens (including phenoxy) is 1. The molecule has 0 atom stereocenters. The van der Waals surface area contributed by atoms with Crippen LogP contribution in [0.5, 0.6) is 0 Å². The first kappa shape index (κ1) is 11.2. The zero-order valence-electron chi connectivity index (χ0n) is 8.59. The molecule has 2 rings (SSSR count). The van der Waals surface area contributed by atoms with Crippen LogP contribution in [0.2, 0.25) is 0 Å². The van der Waals surface area contributed by atoms with Crippen LogP contribution in [0, 0.1) is 16.4 Å². The minimum atomic E-state index is -0.641. The van der Waals surface area contributed by atoms with Gasteiger partial charge in [-0.15, -0.1) is 0 Å². The first-order valence-corrected chi connectivity index (χ1v) is 5.11. The number of nitrogens with zero attached hydrogens (tertiary/aromatic N) is 1. The monoisotopic (exact) mass is 244 g/mol. The predicted octanol–water partition coefficient (Wildman–Crippen LogP) is 2.62. The fourth-order valence-electron chi connectivity index (χ4n) is 1.59. The predicted molar refractivity (Wildman–Crippen MR) is 58.9 cm³/mol. The van der Waals surface area contributed by atoms with Gasteiger partial charge in [0.25, 0.3) is 0 Å². The number of fused-ring (bicyclic) bond motifs is 1. The number of aromatic nitrogens is 2. The van der Waals surface area contributed by atoms with Crippen molar-refractivity contribution >= 4 is 23.3 Å². The van der Waals surface area contributed by atoms with E-state index in [0.29, 0.717) is 23.4 Å². The lowest BCUT2D eigenvalue weighted by Gasteiger charge is -2.03. The number of halogens is 2. The molecular formula is C10H10F2N2OS. The molecule has 0 aliphatic rings. The van der Waals surface area contributed by atoms with Crippen LogP contribution in [0.1, 0.15) is 0 Å². The van der Waals surface area contributed by atoms with Crippen molar-refractivity contribution in [3.8, 4) is 0 Å². The zero-order valence-corrected chi connectivity index (χ0v) is 9.41. The van der Waals surface area contributed by atoms with Gasteiger partial charge in [0.2, 0.25) is 0 Å². The molecule has 0 spiro atoms. The van der Waals surface area contributed by atoms with Gasteiger partial charge in [-0.2, -0.15) is 0 Å². The van der Waals surface area contributed by atoms with Crippen LogP contribution in [-0.4, -0.2) is 23.3 Å². The van der Waals surface area contributed by atoms with E-state index in [2.05, 4.69) is 4.98 Å². The van der Waals surface area contributed by atoms with E-state index >= 15 is 0 Å². The topological polar surface area (TPSA) is 29.9 Å². The Morgan fingerprint density at radius 2 is 2.19 bits per heavy atom. The van der Waals surface area contributed by atoms with Crippen molar-refractivity contribution in [2.24, 2.45) is 0 Å². The summed E-state index contributed by atoms with van der Waals surface area (Å²) in [5, 5.41) is 0. The molecule has 0 fully saturated rings. The van der Waals surface area contributed by atoms with Gasteiger partial charge in [-0.3, -0.25) is 0 Å². The Hall–Kier alpha value is -1.27. The molecule has 3 nitrogen and oxygen atoms in total. The highest BCUT2D eigenvalue weighted by Gasteiger charge is 2.10. The highest BCUT2D eigenvalue weighted by atomic mass is 32.1. The Bertz CT molecular complexity index is 576. The summed E-state index contributed by atoms with van der Waals surface area (Å²) < 4.78 is 33.4. The minimum Gasteiger partial charge on any atom is -0.383 e. The zero-order chi connectivity index (χ0) is 11.7. The quantitative estimate of drug-likeness (QED) is 0.841. The van der Waals surface area contributed by atoms with Crippen molar-refractivity contribution in [1.82, 2.24) is 9.55 Å². The van der Waals surface area contributed by atoms with Crippen molar-refractivity contribution in [3.05, 3.63) is 28.5 Å². The number of imidazole rings is 1. The van der Waals surface area contributed by atoms with E-state index < -0.39 is 11.6 Å². The summed E-state index contributed by atoms with van der Waals surface area (Å²) in [6, 6.07) is 2.08. The maximum Gasteiger partial charge on any atom is 0.178 e. The number of aromatic amines is 1. The molecule has 86 valence electrons. The Balaban J connectivity index is 2.64. The van der Waals surface area contributed by atoms with E-state index in [-0.39, 0.29) is 5.52 Å². The molecular weight excluding hydrogens is 234 g/mol. The third kappa shape index (κ3) is 1.85. The lowest BCUT2D eigenvalue weighted by atomic mass is 10.3. The Morgan fingerprint density at radius 1 is 1.44 bits per heavy atom. The van der Waals surface area contributed by atoms with E-state index in [0.717, 1.165) is 6.07 Å². The van der Waals surface area contributed by atoms with Crippen LogP contribution in [0.25, 0.3) is 11.0 Å². The van der Waals surface area contributed by atoms with Crippen molar-refractivity contribution in [3.63, 3.8) is 0 Å². The number of hydrogen-bond acceptors (Lipinski definition) is 2. The summed E-state index contributed by atoms with van der Waals surface area (Å²) in [6.45, 7) is 0.887. The lowest BCUT2D eigenvalue weighted by Crippen LogP contribution is -2.04. The molecule has 1 N–H and O–H groups in total. The molecule has 0 radical (unpaired) electrons. The van der Waals surface area contributed by atoms with Gasteiger partial charge in [0.05, 0.1) is 12.1 Å². The van der Waals surface area contributed by atoms with Crippen molar-refractivity contribution in [1.29, 1.82) is 0 Å². The summed E-state index contributed by atoms with van der Waals surface area (Å²) in [4.78, 5) is 2.71. The van der Waals surface area contributed by atoms with Gasteiger partial charge in [0.15, 0.2) is 10.6 Å². The van der Waals surface area contributed by atoms with Crippen LogP contribution >= 0.6 is 12.2 Å². The molecule has 1 aromatic heterocycles. The molecule has 16 heavy (non-hydrogen) atoms. The summed E-state index contributed by atoms with van der Waals surface area (Å²) in [5.74, 6) is -1.26. The Labute approximate surface area is 95.7 Å². The SMILES string of the molecule is COCCn1c(=S)[nH]c2c(F)cc(F)cc21. The van der Waals surface area contributed by atoms with Crippen LogP contribution < -0.4 is 0 Å². The highest BCUT2D eigenvalue weighted by Crippen LogP contribution is 2.19. The highest BCUT2D eigenvalue weighted by molar-refractivity contribution is 7.71. The lowest BCUT2D eigenvalue weighted by molar-refractivity contribution is 0.188. The van der Waals surface area contributed by atoms with Gasteiger partial charge >= 0.3 is 0 Å². The first-order valence-electron chi connectivity index (χ1n) is 4.70. The van der Waals surface area contributed by atoms with Crippen molar-refractivity contribution < 1.29 is 13.5 Å². The van der Waals surface area contributed by atoms with Gasteiger partial charge in [-0.25, -0.2) is 8.78 Å². The van der Waals surface area contributed by atoms with E-state index in [4.69, 9.17) is 17.0 Å². The van der Waals surface area contributed by atoms with Gasteiger partial charge in [-0.1, -0.05) is 0 Å². The van der Waals surface area contributed by atoms with Gasteiger partial charge in [0.1, 0.15) is 11.3 Å². The normalized spacial score (nSPS) is 11.2. The molecule has 0 bridgehead atoms. The third-order valence-electron chi connectivity index (χ3n) is 2.32. The van der Waals surface area contributed by atoms with Crippen LogP contribution in [0.15, 0.2) is 12.1 Å². The Kier molecular flexibility index (Phi) is 3.02. The summed E-state index contributed by atoms with van der Waals surface area (Å²) in [6.07, 6.45) is 0. The van der Waals surface area contributed by atoms with E-state index in [1.807, 2.05) is 0 Å². The first-order chi connectivity index (χ1) is 7.63. The van der Waals surface area contributed by atoms with Gasteiger partial charge in [0, 0.05) is 19.7 Å². The summed E-state index contributed by atoms with van der Waals surface area (Å²) in [5.41, 5.74) is 0.641. The Morgan fingerprint density at radius 3 is 2.88 bits per heavy atom. The van der Waals surface area contributed by atoms with Gasteiger partial charge in [-0.05, 0) is 18.3 Å². The minimum absolute atomic E-state index is 0.225. The number of rotatable bonds is 3. The fraction of sp³-hybridized carbons (Fsp3) is 0.300. The number of methoxy groups -OCH3 is 1. The molecule has 0 saturated carbocycles. The molecule has 0 amide bonds. The number of H-pyrrole nitrogens is 1. The second kappa shape index (κ2) is 4.31. The summed E-state index contributed by atoms with van der Waals surface area (Å²) >= 11 is 5.03. The van der Waals surface area contributed by atoms with Gasteiger partial charge < -0.3 is 14.3 Å². The van der Waals surface area contributed by atoms with E-state index in [1.54, 1.807) is 11.7 Å². The average molecular weight is 244 g/mol. The van der Waals surface area contributed by atoms with Crippen LogP contribution in [-0.2, 0) is 11.3 Å². The van der Waals surface area contributed by atoms with E-state index in [1.165, 1.54) is 6.07 Å². The second-order valence-electron chi connectivity index (χ2n) is 3.36. The number of benzene rings is 1. The third-order valence-corrected chi connectivity index (χ3v) is 2.64. The largest absolute Gasteiger partial charge is 0.383 e. The van der Waals surface area contributed by atoms with Crippen molar-refractivity contribution in [2.75, 3.05) is 13.7 Å². The second-order valence-corrected chi connectivity index (χ2v) is 3.74. The van der Waals surface area contributed by atoms with Crippen LogP contribution in [0.4, 0.5) is 8.78 Å². The fourth-order valence-corrected chi connectivity index (χ4v) is 1.88. The molecule has 0 aliphatic carbocycles. The molecule has 2 aromatic rings. The standard InChI is InChI=1S/C10H10F2N2OS/c1-15-3-2-14-8-5-6(11)4-7(12)9(8)13-10(14)16/h4-5H,2-3H2,1H3,(H,13,16). The maximum absolute atomic E-state index is 13.4. The van der Waals surface area contributed by atoms with Crippen molar-refractivity contribution in [2.45, 2.75) is 6.54 Å². The molecule has 0 aliphatic heterocycles. The maximum atomic E-state index is 13.4. The number of nitrogens with one attached hydrogen (secondary N) is 1. The summed E-state index contributed by atoms with van der Waals surface area (Å²) in [7, 11) is 1.56. The molecule has 1 aromatic carbocycles. The average Bonchev–Trinajstić information content (AvgIpc) is 2.53. The molecule has 6 heteroatoms. The number of hydrogen-bond donors (Lipinski definition) is 1. The molecule has 1 heterocycles. The van der Waals surface area contributed by atoms with Crippen LogP contribution in [0.3, 0.4) is 0 Å². The molecule has 0 unspecified atom stereocenters. The van der Waals surface area contributed by atoms with E-state index in [9.17, 15) is 8.78 Å². The molecule has 0 saturated heterocycles.